The van der Waals surface area contributed by atoms with Crippen molar-refractivity contribution in [2.24, 2.45) is 23.5 Å². The summed E-state index contributed by atoms with van der Waals surface area (Å²) in [5.74, 6) is -5.55. The molecule has 0 unspecified atom stereocenters. The number of hydrogen-bond donors (Lipinski definition) is 8. The van der Waals surface area contributed by atoms with Crippen molar-refractivity contribution in [3.63, 3.8) is 0 Å². The number of benzene rings is 1. The summed E-state index contributed by atoms with van der Waals surface area (Å²) in [6.45, 7) is 10.5. The maximum Gasteiger partial charge on any atom is 0.243 e. The predicted octanol–water partition coefficient (Wildman–Crippen LogP) is 0.278. The number of H-pyrrole nitrogens is 1. The van der Waals surface area contributed by atoms with E-state index >= 15 is 0 Å². The van der Waals surface area contributed by atoms with Gasteiger partial charge in [0, 0.05) is 23.5 Å². The van der Waals surface area contributed by atoms with Gasteiger partial charge < -0.3 is 42.6 Å². The van der Waals surface area contributed by atoms with Crippen LogP contribution < -0.4 is 37.6 Å². The molecule has 1 fully saturated rings. The van der Waals surface area contributed by atoms with E-state index in [1.165, 1.54) is 0 Å². The normalized spacial score (nSPS) is 24.0. The summed E-state index contributed by atoms with van der Waals surface area (Å²) in [4.78, 5) is 96.6. The lowest BCUT2D eigenvalue weighted by atomic mass is 9.95. The predicted molar refractivity (Wildman–Crippen MR) is 187 cm³/mol. The molecule has 0 bridgehead atoms. The minimum Gasteiger partial charge on any atom is -0.370 e. The molecule has 0 aliphatic carbocycles. The largest absolute Gasteiger partial charge is 0.370 e. The number of fused-ring (bicyclic) bond motifs is 1. The van der Waals surface area contributed by atoms with Crippen molar-refractivity contribution >= 4 is 52.3 Å². The van der Waals surface area contributed by atoms with E-state index in [9.17, 15) is 33.6 Å². The Morgan fingerprint density at radius 2 is 1.30 bits per heavy atom. The summed E-state index contributed by atoms with van der Waals surface area (Å²) in [5, 5.41) is 16.7. The van der Waals surface area contributed by atoms with Crippen LogP contribution in [0.25, 0.3) is 10.9 Å². The van der Waals surface area contributed by atoms with Crippen molar-refractivity contribution in [1.82, 2.24) is 36.9 Å². The number of primary amides is 1. The zero-order chi connectivity index (χ0) is 37.1. The highest BCUT2D eigenvalue weighted by Crippen LogP contribution is 2.20. The van der Waals surface area contributed by atoms with Gasteiger partial charge in [-0.25, -0.2) is 0 Å². The van der Waals surface area contributed by atoms with Crippen molar-refractivity contribution in [2.45, 2.75) is 104 Å². The van der Waals surface area contributed by atoms with Gasteiger partial charge in [-0.1, -0.05) is 66.2 Å². The number of carbonyl (C=O) groups excluding carboxylic acids is 7. The highest BCUT2D eigenvalue weighted by atomic mass is 16.2. The lowest BCUT2D eigenvalue weighted by Crippen LogP contribution is -2.61. The number of amides is 7. The van der Waals surface area contributed by atoms with E-state index in [1.54, 1.807) is 13.1 Å². The van der Waals surface area contributed by atoms with E-state index in [1.807, 2.05) is 58.9 Å². The molecule has 7 amide bonds. The maximum absolute atomic E-state index is 13.9. The van der Waals surface area contributed by atoms with Gasteiger partial charge in [0.2, 0.25) is 41.4 Å². The Labute approximate surface area is 292 Å². The number of aromatic amines is 1. The van der Waals surface area contributed by atoms with Crippen LogP contribution in [0.15, 0.2) is 30.5 Å². The second-order valence-electron chi connectivity index (χ2n) is 13.9. The lowest BCUT2D eigenvalue weighted by Gasteiger charge is -2.30. The first-order valence-electron chi connectivity index (χ1n) is 17.2. The quantitative estimate of drug-likeness (QED) is 0.173. The molecular formula is C35H52N8O7. The summed E-state index contributed by atoms with van der Waals surface area (Å²) >= 11 is 0. The third-order valence-corrected chi connectivity index (χ3v) is 8.69. The Morgan fingerprint density at radius 1 is 0.740 bits per heavy atom. The molecule has 3 rings (SSSR count). The summed E-state index contributed by atoms with van der Waals surface area (Å²) < 4.78 is 0. The Morgan fingerprint density at radius 3 is 1.88 bits per heavy atom. The van der Waals surface area contributed by atoms with Gasteiger partial charge in [0.05, 0.1) is 13.0 Å². The number of nitrogens with two attached hydrogens (primary N) is 1. The molecule has 0 saturated carbocycles. The number of rotatable bonds is 10. The Kier molecular flexibility index (Phi) is 14.3. The van der Waals surface area contributed by atoms with Crippen LogP contribution in [0.4, 0.5) is 0 Å². The van der Waals surface area contributed by atoms with Gasteiger partial charge >= 0.3 is 0 Å². The van der Waals surface area contributed by atoms with Crippen LogP contribution in [0.3, 0.4) is 0 Å². The van der Waals surface area contributed by atoms with E-state index < -0.39 is 90.4 Å². The van der Waals surface area contributed by atoms with Crippen LogP contribution >= 0.6 is 0 Å². The van der Waals surface area contributed by atoms with Crippen molar-refractivity contribution in [2.75, 3.05) is 6.54 Å². The van der Waals surface area contributed by atoms with Gasteiger partial charge in [0.25, 0.3) is 0 Å². The first kappa shape index (κ1) is 39.5. The van der Waals surface area contributed by atoms with E-state index in [0.29, 0.717) is 6.42 Å². The van der Waals surface area contributed by atoms with E-state index in [2.05, 4.69) is 36.9 Å². The van der Waals surface area contributed by atoms with Gasteiger partial charge in [-0.3, -0.25) is 33.6 Å². The average Bonchev–Trinajstić information content (AvgIpc) is 3.45. The molecule has 15 heteroatoms. The van der Waals surface area contributed by atoms with Crippen LogP contribution in [-0.2, 0) is 40.0 Å². The average molecular weight is 697 g/mol. The van der Waals surface area contributed by atoms with Crippen LogP contribution in [-0.4, -0.2) is 83.1 Å². The first-order chi connectivity index (χ1) is 23.6. The molecule has 2 aromatic rings. The SMILES string of the molecule is CC[C@H](C)[C@@H]1NC(=O)[C@H](CC(C)C)NC(=O)[C@H](CC(C)C)NC(=O)[C@H](Cc2c[nH]c3ccccc23)NC(=O)CNC(=O)[C@H](CC(N)=O)NC1=O. The highest BCUT2D eigenvalue weighted by molar-refractivity contribution is 5.99. The number of para-hydroxylation sites is 1. The summed E-state index contributed by atoms with van der Waals surface area (Å²) in [6, 6.07) is 1.55. The standard InChI is InChI=1S/C35H52N8O7/c1-7-20(6)30-35(50)42-27(15-28(36)44)31(46)38-17-29(45)39-26(14-21-16-37-23-11-9-8-10-22(21)23)33(48)40-24(12-18(2)3)32(47)41-25(13-19(4)5)34(49)43-30/h8-11,16,18-20,24-27,30,37H,7,12-15,17H2,1-6H3,(H2,36,44)(H,38,46)(H,39,45)(H,40,48)(H,41,47)(H,42,50)(H,43,49)/t20-,24-,25-,26-,27-,30-/m0/s1. The van der Waals surface area contributed by atoms with Crippen molar-refractivity contribution in [3.05, 3.63) is 36.0 Å². The molecule has 2 heterocycles. The summed E-state index contributed by atoms with van der Waals surface area (Å²) in [7, 11) is 0. The first-order valence-corrected chi connectivity index (χ1v) is 17.2. The van der Waals surface area contributed by atoms with E-state index in [0.717, 1.165) is 16.5 Å². The molecule has 1 aliphatic rings. The fraction of sp³-hybridized carbons (Fsp3) is 0.571. The zero-order valence-electron chi connectivity index (χ0n) is 29.7. The molecule has 0 radical (unpaired) electrons. The lowest BCUT2D eigenvalue weighted by molar-refractivity contribution is -0.137. The molecule has 1 aromatic heterocycles. The van der Waals surface area contributed by atoms with Gasteiger partial charge in [-0.05, 0) is 42.2 Å². The molecular weight excluding hydrogens is 644 g/mol. The Hall–Kier alpha value is -4.95. The second kappa shape index (κ2) is 18.2. The van der Waals surface area contributed by atoms with Crippen LogP contribution in [0.2, 0.25) is 0 Å². The highest BCUT2D eigenvalue weighted by Gasteiger charge is 2.35. The topological polar surface area (TPSA) is 233 Å². The van der Waals surface area contributed by atoms with E-state index in [-0.39, 0.29) is 31.1 Å². The number of carbonyl (C=O) groups is 7. The summed E-state index contributed by atoms with van der Waals surface area (Å²) in [5.41, 5.74) is 6.94. The minimum absolute atomic E-state index is 0.0371. The third-order valence-electron chi connectivity index (χ3n) is 8.69. The molecule has 1 aliphatic heterocycles. The maximum atomic E-state index is 13.9. The molecule has 6 atom stereocenters. The fourth-order valence-electron chi connectivity index (χ4n) is 5.84. The smallest absolute Gasteiger partial charge is 0.243 e. The molecule has 15 nitrogen and oxygen atoms in total. The number of nitrogens with one attached hydrogen (secondary N) is 7. The van der Waals surface area contributed by atoms with Gasteiger partial charge in [0.1, 0.15) is 30.2 Å². The number of aromatic nitrogens is 1. The minimum atomic E-state index is -1.46. The molecule has 1 aromatic carbocycles. The van der Waals surface area contributed by atoms with Gasteiger partial charge in [0.15, 0.2) is 0 Å². The van der Waals surface area contributed by atoms with Crippen LogP contribution in [0, 0.1) is 17.8 Å². The zero-order valence-corrected chi connectivity index (χ0v) is 29.7. The van der Waals surface area contributed by atoms with Crippen LogP contribution in [0.5, 0.6) is 0 Å². The Balaban J connectivity index is 2.05. The monoisotopic (exact) mass is 696 g/mol. The molecule has 9 N–H and O–H groups in total. The second-order valence-corrected chi connectivity index (χ2v) is 13.9. The molecule has 50 heavy (non-hydrogen) atoms. The molecule has 274 valence electrons. The van der Waals surface area contributed by atoms with Crippen molar-refractivity contribution in [1.29, 1.82) is 0 Å². The Bertz CT molecular complexity index is 1550. The van der Waals surface area contributed by atoms with Crippen molar-refractivity contribution < 1.29 is 33.6 Å². The third kappa shape index (κ3) is 11.3. The number of hydrogen-bond acceptors (Lipinski definition) is 7. The van der Waals surface area contributed by atoms with Gasteiger partial charge in [-0.2, -0.15) is 0 Å². The van der Waals surface area contributed by atoms with Crippen molar-refractivity contribution in [3.8, 4) is 0 Å². The summed E-state index contributed by atoms with van der Waals surface area (Å²) in [6.07, 6.45) is 2.12. The van der Waals surface area contributed by atoms with Crippen LogP contribution in [0.1, 0.15) is 72.8 Å². The fourth-order valence-corrected chi connectivity index (χ4v) is 5.84. The van der Waals surface area contributed by atoms with E-state index in [4.69, 9.17) is 5.73 Å². The van der Waals surface area contributed by atoms with Gasteiger partial charge in [-0.15, -0.1) is 0 Å². The molecule has 1 saturated heterocycles. The molecule has 0 spiro atoms.